The van der Waals surface area contributed by atoms with Crippen molar-refractivity contribution in [2.45, 2.75) is 13.5 Å². The van der Waals surface area contributed by atoms with Gasteiger partial charge in [0, 0.05) is 19.3 Å². The molecule has 0 unspecified atom stereocenters. The van der Waals surface area contributed by atoms with Gasteiger partial charge < -0.3 is 10.6 Å². The molecule has 2 aromatic rings. The van der Waals surface area contributed by atoms with E-state index < -0.39 is 5.82 Å². The van der Waals surface area contributed by atoms with E-state index in [0.717, 1.165) is 11.1 Å². The first-order chi connectivity index (χ1) is 9.52. The third kappa shape index (κ3) is 2.86. The molecule has 0 atom stereocenters. The molecule has 0 spiro atoms. The van der Waals surface area contributed by atoms with E-state index >= 15 is 0 Å². The summed E-state index contributed by atoms with van der Waals surface area (Å²) in [6, 6.07) is 11.8. The first-order valence-corrected chi connectivity index (χ1v) is 6.36. The number of halogens is 1. The van der Waals surface area contributed by atoms with Crippen molar-refractivity contribution >= 4 is 11.6 Å². The minimum Gasteiger partial charge on any atom is -0.326 e. The molecule has 0 aromatic heterocycles. The number of benzene rings is 2. The lowest BCUT2D eigenvalue weighted by Gasteiger charge is -2.18. The summed E-state index contributed by atoms with van der Waals surface area (Å²) in [6.07, 6.45) is 0. The molecule has 0 aliphatic rings. The molecule has 0 heterocycles. The van der Waals surface area contributed by atoms with E-state index in [0.29, 0.717) is 12.2 Å². The van der Waals surface area contributed by atoms with E-state index in [1.54, 1.807) is 31.3 Å². The van der Waals surface area contributed by atoms with Gasteiger partial charge >= 0.3 is 0 Å². The zero-order valence-corrected chi connectivity index (χ0v) is 11.6. The van der Waals surface area contributed by atoms with Gasteiger partial charge in [-0.1, -0.05) is 23.8 Å². The predicted octanol–water partition coefficient (Wildman–Crippen LogP) is 2.87. The topological polar surface area (TPSA) is 46.3 Å². The highest BCUT2D eigenvalue weighted by Crippen LogP contribution is 2.18. The smallest absolute Gasteiger partial charge is 0.260 e. The van der Waals surface area contributed by atoms with Gasteiger partial charge in [0.15, 0.2) is 0 Å². The minimum atomic E-state index is -0.508. The van der Waals surface area contributed by atoms with Gasteiger partial charge in [0.1, 0.15) is 5.82 Å². The van der Waals surface area contributed by atoms with E-state index in [-0.39, 0.29) is 11.5 Å². The van der Waals surface area contributed by atoms with Crippen molar-refractivity contribution in [2.75, 3.05) is 11.9 Å². The average Bonchev–Trinajstić information content (AvgIpc) is 2.48. The molecular weight excluding hydrogens is 255 g/mol. The molecule has 104 valence electrons. The van der Waals surface area contributed by atoms with Crippen LogP contribution in [0.25, 0.3) is 0 Å². The number of hydrogen-bond donors (Lipinski definition) is 1. The van der Waals surface area contributed by atoms with Crippen molar-refractivity contribution in [1.82, 2.24) is 0 Å². The number of anilines is 1. The lowest BCUT2D eigenvalue weighted by molar-refractivity contribution is 0.0989. The number of hydrogen-bond acceptors (Lipinski definition) is 2. The molecule has 2 aromatic carbocycles. The van der Waals surface area contributed by atoms with Crippen LogP contribution in [-0.2, 0) is 6.54 Å². The van der Waals surface area contributed by atoms with Crippen molar-refractivity contribution in [1.29, 1.82) is 0 Å². The van der Waals surface area contributed by atoms with Crippen LogP contribution >= 0.6 is 0 Å². The molecule has 0 saturated carbocycles. The molecule has 2 rings (SSSR count). The second-order valence-corrected chi connectivity index (χ2v) is 4.72. The molecule has 1 amide bonds. The van der Waals surface area contributed by atoms with Gasteiger partial charge in [-0.2, -0.15) is 0 Å². The van der Waals surface area contributed by atoms with Crippen LogP contribution in [0.5, 0.6) is 0 Å². The number of amides is 1. The maximum absolute atomic E-state index is 13.8. The first-order valence-electron chi connectivity index (χ1n) is 6.36. The summed E-state index contributed by atoms with van der Waals surface area (Å²) in [7, 11) is 1.63. The second kappa shape index (κ2) is 5.84. The van der Waals surface area contributed by atoms with Crippen LogP contribution in [0.2, 0.25) is 0 Å². The zero-order chi connectivity index (χ0) is 14.7. The maximum atomic E-state index is 13.8. The lowest BCUT2D eigenvalue weighted by atomic mass is 10.1. The van der Waals surface area contributed by atoms with Gasteiger partial charge in [-0.3, -0.25) is 4.79 Å². The molecule has 20 heavy (non-hydrogen) atoms. The van der Waals surface area contributed by atoms with Crippen LogP contribution in [-0.4, -0.2) is 13.0 Å². The van der Waals surface area contributed by atoms with E-state index in [1.165, 1.54) is 11.0 Å². The van der Waals surface area contributed by atoms with Crippen LogP contribution in [0.1, 0.15) is 21.5 Å². The third-order valence-corrected chi connectivity index (χ3v) is 3.22. The lowest BCUT2D eigenvalue weighted by Crippen LogP contribution is -2.27. The van der Waals surface area contributed by atoms with E-state index in [2.05, 4.69) is 0 Å². The fraction of sp³-hybridized carbons (Fsp3) is 0.188. The Hall–Kier alpha value is -2.20. The molecule has 0 saturated heterocycles. The molecule has 0 bridgehead atoms. The number of rotatable bonds is 3. The Kier molecular flexibility index (Phi) is 4.15. The summed E-state index contributed by atoms with van der Waals surface area (Å²) in [6.45, 7) is 2.27. The van der Waals surface area contributed by atoms with Gasteiger partial charge in [0.2, 0.25) is 0 Å². The number of aryl methyl sites for hydroxylation is 1. The van der Waals surface area contributed by atoms with Crippen LogP contribution in [0.3, 0.4) is 0 Å². The maximum Gasteiger partial charge on any atom is 0.260 e. The molecule has 0 radical (unpaired) electrons. The van der Waals surface area contributed by atoms with Crippen molar-refractivity contribution < 1.29 is 9.18 Å². The monoisotopic (exact) mass is 272 g/mol. The quantitative estimate of drug-likeness (QED) is 0.934. The summed E-state index contributed by atoms with van der Waals surface area (Å²) >= 11 is 0. The Morgan fingerprint density at radius 2 is 1.85 bits per heavy atom. The van der Waals surface area contributed by atoms with Crippen molar-refractivity contribution in [3.05, 3.63) is 65.0 Å². The van der Waals surface area contributed by atoms with Gasteiger partial charge in [0.05, 0.1) is 5.56 Å². The highest BCUT2D eigenvalue weighted by Gasteiger charge is 2.17. The summed E-state index contributed by atoms with van der Waals surface area (Å²) in [4.78, 5) is 13.8. The summed E-state index contributed by atoms with van der Waals surface area (Å²) < 4.78 is 13.8. The van der Waals surface area contributed by atoms with Crippen LogP contribution < -0.4 is 10.6 Å². The third-order valence-electron chi connectivity index (χ3n) is 3.22. The average molecular weight is 272 g/mol. The van der Waals surface area contributed by atoms with Crippen molar-refractivity contribution in [2.24, 2.45) is 5.73 Å². The summed E-state index contributed by atoms with van der Waals surface area (Å²) in [5, 5.41) is 0. The standard InChI is InChI=1S/C16H17FN2O/c1-11-3-8-15(17)14(9-11)16(20)19(2)13-6-4-12(10-18)5-7-13/h3-9H,10,18H2,1-2H3. The van der Waals surface area contributed by atoms with E-state index in [1.807, 2.05) is 19.1 Å². The number of carbonyl (C=O) groups excluding carboxylic acids is 1. The number of carbonyl (C=O) groups is 1. The van der Waals surface area contributed by atoms with E-state index in [4.69, 9.17) is 5.73 Å². The number of nitrogens with zero attached hydrogens (tertiary/aromatic N) is 1. The fourth-order valence-corrected chi connectivity index (χ4v) is 1.96. The Morgan fingerprint density at radius 1 is 1.20 bits per heavy atom. The van der Waals surface area contributed by atoms with Crippen LogP contribution in [0.15, 0.2) is 42.5 Å². The molecule has 4 heteroatoms. The Bertz CT molecular complexity index is 623. The van der Waals surface area contributed by atoms with Crippen molar-refractivity contribution in [3.8, 4) is 0 Å². The molecule has 0 aliphatic carbocycles. The van der Waals surface area contributed by atoms with Crippen LogP contribution in [0, 0.1) is 12.7 Å². The summed E-state index contributed by atoms with van der Waals surface area (Å²) in [5.74, 6) is -0.877. The highest BCUT2D eigenvalue weighted by molar-refractivity contribution is 6.06. The molecular formula is C16H17FN2O. The van der Waals surface area contributed by atoms with Crippen LogP contribution in [0.4, 0.5) is 10.1 Å². The normalized spacial score (nSPS) is 10.4. The fourth-order valence-electron chi connectivity index (χ4n) is 1.96. The van der Waals surface area contributed by atoms with Gasteiger partial charge in [-0.15, -0.1) is 0 Å². The summed E-state index contributed by atoms with van der Waals surface area (Å²) in [5.41, 5.74) is 8.15. The largest absolute Gasteiger partial charge is 0.326 e. The SMILES string of the molecule is Cc1ccc(F)c(C(=O)N(C)c2ccc(CN)cc2)c1. The molecule has 0 aliphatic heterocycles. The first kappa shape index (κ1) is 14.2. The van der Waals surface area contributed by atoms with Gasteiger partial charge in [-0.05, 0) is 36.8 Å². The minimum absolute atomic E-state index is 0.0791. The molecule has 3 nitrogen and oxygen atoms in total. The Balaban J connectivity index is 2.29. The predicted molar refractivity (Wildman–Crippen MR) is 78.2 cm³/mol. The van der Waals surface area contributed by atoms with E-state index in [9.17, 15) is 9.18 Å². The zero-order valence-electron chi connectivity index (χ0n) is 11.6. The van der Waals surface area contributed by atoms with Crippen molar-refractivity contribution in [3.63, 3.8) is 0 Å². The second-order valence-electron chi connectivity index (χ2n) is 4.72. The molecule has 2 N–H and O–H groups in total. The van der Waals surface area contributed by atoms with Gasteiger partial charge in [-0.25, -0.2) is 4.39 Å². The van der Waals surface area contributed by atoms with Gasteiger partial charge in [0.25, 0.3) is 5.91 Å². The number of nitrogens with two attached hydrogens (primary N) is 1. The Labute approximate surface area is 117 Å². The Morgan fingerprint density at radius 3 is 2.45 bits per heavy atom. The molecule has 0 fully saturated rings. The highest BCUT2D eigenvalue weighted by atomic mass is 19.1.